The summed E-state index contributed by atoms with van der Waals surface area (Å²) in [5.74, 6) is 0.135. The molecule has 0 aliphatic rings. The van der Waals surface area contributed by atoms with Gasteiger partial charge < -0.3 is 4.90 Å². The Hall–Kier alpha value is -2.68. The lowest BCUT2D eigenvalue weighted by atomic mass is 10.2. The van der Waals surface area contributed by atoms with Gasteiger partial charge in [0, 0.05) is 26.0 Å². The summed E-state index contributed by atoms with van der Waals surface area (Å²) >= 11 is 1.28. The molecule has 3 aromatic rings. The van der Waals surface area contributed by atoms with Gasteiger partial charge in [0.1, 0.15) is 4.90 Å². The highest BCUT2D eigenvalue weighted by atomic mass is 32.2. The Kier molecular flexibility index (Phi) is 7.25. The molecule has 6 nitrogen and oxygen atoms in total. The number of carbonyl (C=O) groups excluding carboxylic acids is 1. The van der Waals surface area contributed by atoms with E-state index in [4.69, 9.17) is 0 Å². The zero-order chi connectivity index (χ0) is 21.6. The van der Waals surface area contributed by atoms with Crippen LogP contribution in [0.25, 0.3) is 0 Å². The number of para-hydroxylation sites is 1. The van der Waals surface area contributed by atoms with Crippen LogP contribution in [-0.4, -0.2) is 43.5 Å². The third kappa shape index (κ3) is 5.47. The van der Waals surface area contributed by atoms with E-state index in [0.717, 1.165) is 15.6 Å². The number of hydrogen-bond acceptors (Lipinski definition) is 5. The Labute approximate surface area is 181 Å². The first kappa shape index (κ1) is 22.0. The van der Waals surface area contributed by atoms with Crippen molar-refractivity contribution in [2.24, 2.45) is 0 Å². The molecule has 0 bridgehead atoms. The van der Waals surface area contributed by atoms with Crippen molar-refractivity contribution in [3.05, 3.63) is 84.6 Å². The van der Waals surface area contributed by atoms with Gasteiger partial charge in [-0.25, -0.2) is 17.7 Å². The van der Waals surface area contributed by atoms with Gasteiger partial charge in [-0.05, 0) is 29.8 Å². The molecule has 0 aliphatic heterocycles. The molecule has 0 saturated carbocycles. The fourth-order valence-corrected chi connectivity index (χ4v) is 4.29. The van der Waals surface area contributed by atoms with Gasteiger partial charge in [-0.15, -0.1) is 0 Å². The molecule has 8 heteroatoms. The van der Waals surface area contributed by atoms with Crippen molar-refractivity contribution in [1.29, 1.82) is 0 Å². The van der Waals surface area contributed by atoms with E-state index in [9.17, 15) is 13.2 Å². The van der Waals surface area contributed by atoms with E-state index < -0.39 is 10.0 Å². The molecule has 0 spiro atoms. The molecule has 1 aromatic heterocycles. The molecule has 0 N–H and O–H groups in total. The van der Waals surface area contributed by atoms with Crippen LogP contribution < -0.4 is 4.90 Å². The van der Waals surface area contributed by atoms with Gasteiger partial charge in [-0.3, -0.25) is 4.79 Å². The van der Waals surface area contributed by atoms with Crippen LogP contribution in [0.2, 0.25) is 0 Å². The minimum atomic E-state index is -3.52. The molecule has 1 heterocycles. The number of anilines is 1. The van der Waals surface area contributed by atoms with Gasteiger partial charge >= 0.3 is 0 Å². The summed E-state index contributed by atoms with van der Waals surface area (Å²) in [6.45, 7) is 0.470. The Balaban J connectivity index is 1.72. The smallest absolute Gasteiger partial charge is 0.244 e. The molecule has 1 amide bonds. The summed E-state index contributed by atoms with van der Waals surface area (Å²) in [5, 5.41) is 0.591. The molecule has 0 radical (unpaired) electrons. The highest BCUT2D eigenvalue weighted by molar-refractivity contribution is 7.99. The molecule has 0 saturated heterocycles. The summed E-state index contributed by atoms with van der Waals surface area (Å²) in [6, 6.07) is 22.5. The average molecular weight is 442 g/mol. The molecule has 2 aromatic carbocycles. The quantitative estimate of drug-likeness (QED) is 0.499. The van der Waals surface area contributed by atoms with E-state index in [1.807, 2.05) is 60.7 Å². The summed E-state index contributed by atoms with van der Waals surface area (Å²) < 4.78 is 25.4. The van der Waals surface area contributed by atoms with Crippen LogP contribution in [0.15, 0.2) is 88.9 Å². The van der Waals surface area contributed by atoms with Crippen LogP contribution in [0.5, 0.6) is 0 Å². The molecular weight excluding hydrogens is 418 g/mol. The lowest BCUT2D eigenvalue weighted by Gasteiger charge is -2.23. The second kappa shape index (κ2) is 9.88. The average Bonchev–Trinajstić information content (AvgIpc) is 2.77. The molecule has 30 heavy (non-hydrogen) atoms. The van der Waals surface area contributed by atoms with E-state index in [-0.39, 0.29) is 16.6 Å². The van der Waals surface area contributed by atoms with Crippen LogP contribution >= 0.6 is 11.8 Å². The van der Waals surface area contributed by atoms with Gasteiger partial charge in [0.15, 0.2) is 0 Å². The molecule has 3 rings (SSSR count). The Morgan fingerprint density at radius 3 is 2.13 bits per heavy atom. The van der Waals surface area contributed by atoms with Crippen LogP contribution in [0.4, 0.5) is 5.69 Å². The Morgan fingerprint density at radius 2 is 1.57 bits per heavy atom. The lowest BCUT2D eigenvalue weighted by Crippen LogP contribution is -2.31. The maximum Gasteiger partial charge on any atom is 0.244 e. The first-order valence-electron chi connectivity index (χ1n) is 9.28. The standard InChI is InChI=1S/C22H23N3O3S2/c1-24(2)30(27,28)20-13-14-21(23-15-20)29-17-22(26)25(19-11-7-4-8-12-19)16-18-9-5-3-6-10-18/h3-15H,16-17H2,1-2H3. The number of sulfonamides is 1. The van der Waals surface area contributed by atoms with Crippen molar-refractivity contribution in [3.63, 3.8) is 0 Å². The minimum Gasteiger partial charge on any atom is -0.307 e. The molecule has 0 atom stereocenters. The van der Waals surface area contributed by atoms with Crippen molar-refractivity contribution in [2.75, 3.05) is 24.7 Å². The minimum absolute atomic E-state index is 0.0538. The topological polar surface area (TPSA) is 70.6 Å². The van der Waals surface area contributed by atoms with E-state index in [2.05, 4.69) is 4.98 Å². The number of aromatic nitrogens is 1. The second-order valence-electron chi connectivity index (χ2n) is 6.71. The fourth-order valence-electron chi connectivity index (χ4n) is 2.73. The van der Waals surface area contributed by atoms with E-state index >= 15 is 0 Å². The molecule has 0 aliphatic carbocycles. The van der Waals surface area contributed by atoms with E-state index in [1.165, 1.54) is 38.1 Å². The van der Waals surface area contributed by atoms with Crippen molar-refractivity contribution in [3.8, 4) is 0 Å². The van der Waals surface area contributed by atoms with Crippen LogP contribution in [0, 0.1) is 0 Å². The third-order valence-electron chi connectivity index (χ3n) is 4.38. The van der Waals surface area contributed by atoms with Gasteiger partial charge in [-0.1, -0.05) is 60.3 Å². The number of thioether (sulfide) groups is 1. The normalized spacial score (nSPS) is 11.4. The van der Waals surface area contributed by atoms with Gasteiger partial charge in [-0.2, -0.15) is 0 Å². The third-order valence-corrected chi connectivity index (χ3v) is 7.11. The number of amides is 1. The summed E-state index contributed by atoms with van der Waals surface area (Å²) in [7, 11) is -0.575. The van der Waals surface area contributed by atoms with E-state index in [0.29, 0.717) is 11.6 Å². The van der Waals surface area contributed by atoms with Crippen molar-refractivity contribution in [2.45, 2.75) is 16.5 Å². The number of rotatable bonds is 8. The summed E-state index contributed by atoms with van der Waals surface area (Å²) in [5.41, 5.74) is 1.86. The molecular formula is C22H23N3O3S2. The van der Waals surface area contributed by atoms with Gasteiger partial charge in [0.05, 0.1) is 17.3 Å². The Bertz CT molecular complexity index is 1070. The number of carbonyl (C=O) groups is 1. The predicted octanol–water partition coefficient (Wildman–Crippen LogP) is 3.66. The largest absolute Gasteiger partial charge is 0.307 e. The second-order valence-corrected chi connectivity index (χ2v) is 9.86. The highest BCUT2D eigenvalue weighted by Gasteiger charge is 2.19. The monoisotopic (exact) mass is 441 g/mol. The molecule has 0 fully saturated rings. The maximum absolute atomic E-state index is 13.0. The van der Waals surface area contributed by atoms with Gasteiger partial charge in [0.25, 0.3) is 0 Å². The van der Waals surface area contributed by atoms with Crippen molar-refractivity contribution in [1.82, 2.24) is 9.29 Å². The summed E-state index contributed by atoms with van der Waals surface area (Å²) in [4.78, 5) is 19.1. The molecule has 156 valence electrons. The van der Waals surface area contributed by atoms with Crippen molar-refractivity contribution >= 4 is 33.4 Å². The number of nitrogens with zero attached hydrogens (tertiary/aromatic N) is 3. The first-order valence-corrected chi connectivity index (χ1v) is 11.7. The van der Waals surface area contributed by atoms with Crippen molar-refractivity contribution < 1.29 is 13.2 Å². The van der Waals surface area contributed by atoms with Crippen LogP contribution in [0.1, 0.15) is 5.56 Å². The first-order chi connectivity index (χ1) is 14.4. The fraction of sp³-hybridized carbons (Fsp3) is 0.182. The lowest BCUT2D eigenvalue weighted by molar-refractivity contribution is -0.116. The molecule has 0 unspecified atom stereocenters. The van der Waals surface area contributed by atoms with Gasteiger partial charge in [0.2, 0.25) is 15.9 Å². The number of hydrogen-bond donors (Lipinski definition) is 0. The zero-order valence-corrected chi connectivity index (χ0v) is 18.4. The maximum atomic E-state index is 13.0. The zero-order valence-electron chi connectivity index (χ0n) is 16.8. The SMILES string of the molecule is CN(C)S(=O)(=O)c1ccc(SCC(=O)N(Cc2ccccc2)c2ccccc2)nc1. The highest BCUT2D eigenvalue weighted by Crippen LogP contribution is 2.22. The summed E-state index contributed by atoms with van der Waals surface area (Å²) in [6.07, 6.45) is 1.32. The number of benzene rings is 2. The number of pyridine rings is 1. The van der Waals surface area contributed by atoms with E-state index in [1.54, 1.807) is 11.0 Å². The van der Waals surface area contributed by atoms with Crippen LogP contribution in [-0.2, 0) is 21.4 Å². The predicted molar refractivity (Wildman–Crippen MR) is 120 cm³/mol. The van der Waals surface area contributed by atoms with Crippen LogP contribution in [0.3, 0.4) is 0 Å². The Morgan fingerprint density at radius 1 is 0.933 bits per heavy atom.